The Hall–Kier alpha value is -1.02. The van der Waals surface area contributed by atoms with Crippen LogP contribution in [0.4, 0.5) is 0 Å². The van der Waals surface area contributed by atoms with E-state index in [-0.39, 0.29) is 6.42 Å². The molecular weight excluding hydrogens is 220 g/mol. The van der Waals surface area contributed by atoms with Gasteiger partial charge in [-0.15, -0.1) is 0 Å². The number of Topliss-reactive ketones (excluding diaryl/α,β-unsaturated/α-hetero) is 1. The molecule has 16 heavy (non-hydrogen) atoms. The monoisotopic (exact) mass is 236 g/mol. The van der Waals surface area contributed by atoms with E-state index < -0.39 is 36.2 Å². The van der Waals surface area contributed by atoms with Crippen molar-refractivity contribution < 1.29 is 35.1 Å². The summed E-state index contributed by atoms with van der Waals surface area (Å²) in [6.07, 6.45) is -7.85. The normalized spacial score (nSPS) is 18.6. The summed E-state index contributed by atoms with van der Waals surface area (Å²) in [6, 6.07) is 0. The molecule has 4 atom stereocenters. The average molecular weight is 236 g/mol. The molecule has 0 bridgehead atoms. The van der Waals surface area contributed by atoms with Crippen LogP contribution in [0.15, 0.2) is 0 Å². The van der Waals surface area contributed by atoms with Gasteiger partial charge in [-0.1, -0.05) is 6.92 Å². The maximum atomic E-state index is 11.1. The lowest BCUT2D eigenvalue weighted by atomic mass is 9.98. The smallest absolute Gasteiger partial charge is 0.335 e. The zero-order chi connectivity index (χ0) is 12.9. The van der Waals surface area contributed by atoms with Crippen molar-refractivity contribution in [3.8, 4) is 0 Å². The number of rotatable bonds is 7. The van der Waals surface area contributed by atoms with Gasteiger partial charge >= 0.3 is 5.97 Å². The van der Waals surface area contributed by atoms with Crippen LogP contribution in [0, 0.1) is 0 Å². The van der Waals surface area contributed by atoms with Crippen LogP contribution >= 0.6 is 0 Å². The number of hydrogen-bond acceptors (Lipinski definition) is 6. The molecule has 0 aliphatic rings. The van der Waals surface area contributed by atoms with E-state index in [1.54, 1.807) is 6.92 Å². The van der Waals surface area contributed by atoms with Gasteiger partial charge in [0.2, 0.25) is 0 Å². The molecule has 0 saturated heterocycles. The molecule has 0 unspecified atom stereocenters. The van der Waals surface area contributed by atoms with Gasteiger partial charge in [-0.25, -0.2) is 4.79 Å². The standard InChI is InChI=1S/C9H16O7/c1-2-3-4(10)5(11)6(12)7(13)8(14)9(15)16/h5-8,11-14H,2-3H2,1H3,(H,15,16)/t5-,6-,7+,8-/m0/s1. The molecule has 0 aliphatic heterocycles. The number of ketones is 1. The second-order valence-corrected chi connectivity index (χ2v) is 3.43. The van der Waals surface area contributed by atoms with E-state index in [9.17, 15) is 19.8 Å². The van der Waals surface area contributed by atoms with E-state index in [4.69, 9.17) is 15.3 Å². The molecule has 0 aromatic carbocycles. The van der Waals surface area contributed by atoms with Gasteiger partial charge in [-0.2, -0.15) is 0 Å². The van der Waals surface area contributed by atoms with Crippen molar-refractivity contribution in [2.45, 2.75) is 44.2 Å². The van der Waals surface area contributed by atoms with Crippen LogP contribution in [-0.2, 0) is 9.59 Å². The van der Waals surface area contributed by atoms with Crippen LogP contribution in [0.1, 0.15) is 19.8 Å². The van der Waals surface area contributed by atoms with Gasteiger partial charge in [0.15, 0.2) is 11.9 Å². The molecule has 94 valence electrons. The molecule has 0 saturated carbocycles. The zero-order valence-corrected chi connectivity index (χ0v) is 8.78. The van der Waals surface area contributed by atoms with Crippen LogP contribution in [0.2, 0.25) is 0 Å². The first kappa shape index (κ1) is 15.0. The second kappa shape index (κ2) is 6.54. The summed E-state index contributed by atoms with van der Waals surface area (Å²) < 4.78 is 0. The first-order valence-electron chi connectivity index (χ1n) is 4.80. The molecule has 0 rings (SSSR count). The third kappa shape index (κ3) is 3.86. The minimum absolute atomic E-state index is 0.00584. The lowest BCUT2D eigenvalue weighted by molar-refractivity contribution is -0.165. The topological polar surface area (TPSA) is 135 Å². The lowest BCUT2D eigenvalue weighted by Gasteiger charge is -2.23. The van der Waals surface area contributed by atoms with E-state index in [2.05, 4.69) is 0 Å². The fourth-order valence-corrected chi connectivity index (χ4v) is 1.10. The number of hydrogen-bond donors (Lipinski definition) is 5. The fraction of sp³-hybridized carbons (Fsp3) is 0.778. The quantitative estimate of drug-likeness (QED) is 0.341. The molecule has 0 aromatic heterocycles. The first-order valence-corrected chi connectivity index (χ1v) is 4.80. The van der Waals surface area contributed by atoms with Crippen molar-refractivity contribution in [3.05, 3.63) is 0 Å². The van der Waals surface area contributed by atoms with Crippen molar-refractivity contribution >= 4 is 11.8 Å². The Balaban J connectivity index is 4.47. The number of carbonyl (C=O) groups excluding carboxylic acids is 1. The van der Waals surface area contributed by atoms with Gasteiger partial charge in [-0.05, 0) is 6.42 Å². The highest BCUT2D eigenvalue weighted by molar-refractivity contribution is 5.83. The SMILES string of the molecule is CCCC(=O)[C@H](O)[C@H](O)[C@@H](O)[C@H](O)C(=O)O. The molecule has 0 radical (unpaired) electrons. The van der Waals surface area contributed by atoms with Gasteiger partial charge in [0.1, 0.15) is 18.3 Å². The molecule has 0 fully saturated rings. The number of carbonyl (C=O) groups is 2. The Morgan fingerprint density at radius 1 is 1.00 bits per heavy atom. The van der Waals surface area contributed by atoms with E-state index >= 15 is 0 Å². The molecule has 0 heterocycles. The van der Waals surface area contributed by atoms with Crippen LogP contribution in [0.3, 0.4) is 0 Å². The summed E-state index contributed by atoms with van der Waals surface area (Å²) >= 11 is 0. The Morgan fingerprint density at radius 2 is 1.44 bits per heavy atom. The zero-order valence-electron chi connectivity index (χ0n) is 8.78. The van der Waals surface area contributed by atoms with Crippen LogP contribution in [0.5, 0.6) is 0 Å². The summed E-state index contributed by atoms with van der Waals surface area (Å²) in [7, 11) is 0. The fourth-order valence-electron chi connectivity index (χ4n) is 1.10. The molecule has 0 spiro atoms. The van der Waals surface area contributed by atoms with E-state index in [0.29, 0.717) is 6.42 Å². The van der Waals surface area contributed by atoms with Gasteiger partial charge in [0.25, 0.3) is 0 Å². The van der Waals surface area contributed by atoms with Gasteiger partial charge in [0.05, 0.1) is 0 Å². The van der Waals surface area contributed by atoms with Crippen LogP contribution < -0.4 is 0 Å². The van der Waals surface area contributed by atoms with E-state index in [1.165, 1.54) is 0 Å². The summed E-state index contributed by atoms with van der Waals surface area (Å²) in [6.45, 7) is 1.68. The largest absolute Gasteiger partial charge is 0.479 e. The predicted molar refractivity (Wildman–Crippen MR) is 51.6 cm³/mol. The molecule has 7 nitrogen and oxygen atoms in total. The van der Waals surface area contributed by atoms with Crippen LogP contribution in [0.25, 0.3) is 0 Å². The Bertz CT molecular complexity index is 252. The maximum Gasteiger partial charge on any atom is 0.335 e. The third-order valence-corrected chi connectivity index (χ3v) is 2.08. The minimum Gasteiger partial charge on any atom is -0.479 e. The van der Waals surface area contributed by atoms with Crippen molar-refractivity contribution in [2.24, 2.45) is 0 Å². The van der Waals surface area contributed by atoms with E-state index in [1.807, 2.05) is 0 Å². The molecular formula is C9H16O7. The predicted octanol–water partition coefficient (Wildman–Crippen LogP) is -2.12. The maximum absolute atomic E-state index is 11.1. The van der Waals surface area contributed by atoms with Gasteiger partial charge < -0.3 is 25.5 Å². The summed E-state index contributed by atoms with van der Waals surface area (Å²) in [5, 5.41) is 44.9. The lowest BCUT2D eigenvalue weighted by Crippen LogP contribution is -2.49. The summed E-state index contributed by atoms with van der Waals surface area (Å²) in [4.78, 5) is 21.4. The van der Waals surface area contributed by atoms with Crippen molar-refractivity contribution in [3.63, 3.8) is 0 Å². The number of carboxylic acid groups (broad SMARTS) is 1. The second-order valence-electron chi connectivity index (χ2n) is 3.43. The highest BCUT2D eigenvalue weighted by atomic mass is 16.4. The van der Waals surface area contributed by atoms with Crippen molar-refractivity contribution in [2.75, 3.05) is 0 Å². The highest BCUT2D eigenvalue weighted by Crippen LogP contribution is 2.08. The first-order chi connectivity index (χ1) is 7.32. The van der Waals surface area contributed by atoms with E-state index in [0.717, 1.165) is 0 Å². The van der Waals surface area contributed by atoms with Gasteiger partial charge in [-0.3, -0.25) is 4.79 Å². The van der Waals surface area contributed by atoms with Gasteiger partial charge in [0, 0.05) is 6.42 Å². The Morgan fingerprint density at radius 3 is 1.81 bits per heavy atom. The summed E-state index contributed by atoms with van der Waals surface area (Å²) in [5.74, 6) is -2.46. The number of aliphatic hydroxyl groups excluding tert-OH is 4. The molecule has 0 aromatic rings. The van der Waals surface area contributed by atoms with Crippen LogP contribution in [-0.4, -0.2) is 61.7 Å². The Kier molecular flexibility index (Phi) is 6.12. The highest BCUT2D eigenvalue weighted by Gasteiger charge is 2.36. The van der Waals surface area contributed by atoms with Crippen molar-refractivity contribution in [1.29, 1.82) is 0 Å². The minimum atomic E-state index is -2.25. The molecule has 5 N–H and O–H groups in total. The number of aliphatic hydroxyl groups is 4. The third-order valence-electron chi connectivity index (χ3n) is 2.08. The Labute approximate surface area is 92.0 Å². The molecule has 0 aliphatic carbocycles. The molecule has 7 heteroatoms. The summed E-state index contributed by atoms with van der Waals surface area (Å²) in [5.41, 5.74) is 0. The molecule has 0 amide bonds. The number of aliphatic carboxylic acids is 1. The average Bonchev–Trinajstić information content (AvgIpc) is 2.25. The van der Waals surface area contributed by atoms with Crippen molar-refractivity contribution in [1.82, 2.24) is 0 Å². The number of carboxylic acids is 1.